The Morgan fingerprint density at radius 1 is 0.875 bits per heavy atom. The van der Waals surface area contributed by atoms with Gasteiger partial charge in [-0.05, 0) is 30.3 Å². The minimum Gasteiger partial charge on any atom is -0.362 e. The Balaban J connectivity index is 1.55. The molecule has 0 atom stereocenters. The van der Waals surface area contributed by atoms with Crippen LogP contribution in [0.4, 0.5) is 34.5 Å². The van der Waals surface area contributed by atoms with Gasteiger partial charge >= 0.3 is 5.69 Å². The van der Waals surface area contributed by atoms with Crippen molar-refractivity contribution in [2.45, 2.75) is 0 Å². The van der Waals surface area contributed by atoms with Gasteiger partial charge in [0.15, 0.2) is 0 Å². The number of benzene rings is 2. The third-order valence-corrected chi connectivity index (χ3v) is 5.30. The number of rotatable bonds is 6. The molecule has 1 aliphatic heterocycles. The third-order valence-electron chi connectivity index (χ3n) is 5.05. The molecule has 2 aromatic carbocycles. The summed E-state index contributed by atoms with van der Waals surface area (Å²) < 4.78 is 0. The number of hydrogen-bond donors (Lipinski definition) is 1. The first-order valence-electron chi connectivity index (χ1n) is 9.70. The van der Waals surface area contributed by atoms with Gasteiger partial charge in [0, 0.05) is 43.0 Å². The molecule has 12 heteroatoms. The molecule has 1 aromatic heterocycles. The fraction of sp³-hybridized carbons (Fsp3) is 0.200. The summed E-state index contributed by atoms with van der Waals surface area (Å²) in [6.07, 6.45) is 1.18. The Labute approximate surface area is 187 Å². The van der Waals surface area contributed by atoms with E-state index in [0.29, 0.717) is 42.6 Å². The van der Waals surface area contributed by atoms with Crippen LogP contribution in [0.2, 0.25) is 5.02 Å². The molecule has 0 bridgehead atoms. The molecule has 1 N–H and O–H groups in total. The Morgan fingerprint density at radius 2 is 1.50 bits per heavy atom. The van der Waals surface area contributed by atoms with Crippen LogP contribution in [0.25, 0.3) is 0 Å². The van der Waals surface area contributed by atoms with Crippen LogP contribution < -0.4 is 15.1 Å². The lowest BCUT2D eigenvalue weighted by atomic mass is 10.2. The van der Waals surface area contributed by atoms with E-state index < -0.39 is 9.85 Å². The summed E-state index contributed by atoms with van der Waals surface area (Å²) in [4.78, 5) is 34.1. The predicted molar refractivity (Wildman–Crippen MR) is 121 cm³/mol. The van der Waals surface area contributed by atoms with Gasteiger partial charge in [0.05, 0.1) is 9.85 Å². The number of hydrogen-bond acceptors (Lipinski definition) is 9. The maximum Gasteiger partial charge on any atom is 0.329 e. The van der Waals surface area contributed by atoms with E-state index in [2.05, 4.69) is 15.3 Å². The highest BCUT2D eigenvalue weighted by Crippen LogP contribution is 2.31. The lowest BCUT2D eigenvalue weighted by Gasteiger charge is -2.36. The number of nitrogens with one attached hydrogen (secondary N) is 1. The highest BCUT2D eigenvalue weighted by Gasteiger charge is 2.28. The van der Waals surface area contributed by atoms with Gasteiger partial charge in [-0.25, -0.2) is 4.98 Å². The number of aromatic nitrogens is 2. The van der Waals surface area contributed by atoms with Crippen LogP contribution in [-0.2, 0) is 0 Å². The summed E-state index contributed by atoms with van der Waals surface area (Å²) in [6, 6.07) is 13.4. The van der Waals surface area contributed by atoms with Crippen molar-refractivity contribution in [3.63, 3.8) is 0 Å². The Morgan fingerprint density at radius 3 is 2.16 bits per heavy atom. The highest BCUT2D eigenvalue weighted by molar-refractivity contribution is 6.30. The molecule has 2 heterocycles. The normalized spacial score (nSPS) is 13.7. The lowest BCUT2D eigenvalue weighted by Crippen LogP contribution is -2.47. The van der Waals surface area contributed by atoms with Gasteiger partial charge in [-0.1, -0.05) is 23.7 Å². The van der Waals surface area contributed by atoms with Crippen LogP contribution in [0.5, 0.6) is 0 Å². The summed E-state index contributed by atoms with van der Waals surface area (Å²) in [5, 5.41) is 26.5. The van der Waals surface area contributed by atoms with Gasteiger partial charge in [0.25, 0.3) is 5.69 Å². The second-order valence-electron chi connectivity index (χ2n) is 7.01. The highest BCUT2D eigenvalue weighted by atomic mass is 35.5. The van der Waals surface area contributed by atoms with E-state index in [-0.39, 0.29) is 23.1 Å². The third kappa shape index (κ3) is 4.52. The van der Waals surface area contributed by atoms with Crippen LogP contribution in [0.15, 0.2) is 54.7 Å². The second-order valence-corrected chi connectivity index (χ2v) is 7.45. The number of para-hydroxylation sites is 2. The molecule has 0 spiro atoms. The fourth-order valence-electron chi connectivity index (χ4n) is 3.50. The first kappa shape index (κ1) is 21.2. The zero-order chi connectivity index (χ0) is 22.7. The lowest BCUT2D eigenvalue weighted by molar-refractivity contribution is -0.384. The Bertz CT molecular complexity index is 1150. The molecule has 11 nitrogen and oxygen atoms in total. The van der Waals surface area contributed by atoms with Crippen molar-refractivity contribution in [3.8, 4) is 0 Å². The SMILES string of the molecule is O=[N+]([O-])c1ccccc1N1CCN(c2nc(Nc3ccc(Cl)cc3)ncc2[N+](=O)[O-])CC1. The van der Waals surface area contributed by atoms with E-state index in [1.165, 1.54) is 12.3 Å². The zero-order valence-corrected chi connectivity index (χ0v) is 17.5. The minimum atomic E-state index is -0.518. The zero-order valence-electron chi connectivity index (χ0n) is 16.7. The van der Waals surface area contributed by atoms with Crippen molar-refractivity contribution in [2.75, 3.05) is 41.3 Å². The van der Waals surface area contributed by atoms with E-state index >= 15 is 0 Å². The monoisotopic (exact) mass is 455 g/mol. The average molecular weight is 456 g/mol. The molecule has 0 saturated carbocycles. The first-order valence-corrected chi connectivity index (χ1v) is 10.1. The van der Waals surface area contributed by atoms with Crippen LogP contribution in [0.3, 0.4) is 0 Å². The first-order chi connectivity index (χ1) is 15.4. The van der Waals surface area contributed by atoms with Gasteiger partial charge < -0.3 is 15.1 Å². The predicted octanol–water partition coefficient (Wildman–Crippen LogP) is 4.02. The molecule has 0 amide bonds. The molecule has 1 saturated heterocycles. The minimum absolute atomic E-state index is 0.0309. The van der Waals surface area contributed by atoms with Gasteiger partial charge in [-0.15, -0.1) is 0 Å². The molecule has 164 valence electrons. The van der Waals surface area contributed by atoms with Crippen molar-refractivity contribution in [1.82, 2.24) is 9.97 Å². The summed E-state index contributed by atoms with van der Waals surface area (Å²) in [5.74, 6) is 0.415. The summed E-state index contributed by atoms with van der Waals surface area (Å²) in [7, 11) is 0. The van der Waals surface area contributed by atoms with Crippen molar-refractivity contribution in [2.24, 2.45) is 0 Å². The summed E-state index contributed by atoms with van der Waals surface area (Å²) >= 11 is 5.90. The number of anilines is 4. The van der Waals surface area contributed by atoms with E-state index in [1.54, 1.807) is 47.4 Å². The van der Waals surface area contributed by atoms with Crippen molar-refractivity contribution in [1.29, 1.82) is 0 Å². The van der Waals surface area contributed by atoms with Crippen LogP contribution >= 0.6 is 11.6 Å². The number of nitro groups is 2. The average Bonchev–Trinajstić information content (AvgIpc) is 2.80. The molecule has 3 aromatic rings. The molecule has 0 radical (unpaired) electrons. The van der Waals surface area contributed by atoms with Crippen LogP contribution in [0, 0.1) is 20.2 Å². The molecular formula is C20H18ClN7O4. The van der Waals surface area contributed by atoms with Gasteiger partial charge in [-0.3, -0.25) is 20.2 Å². The van der Waals surface area contributed by atoms with Gasteiger partial charge in [0.2, 0.25) is 11.8 Å². The quantitative estimate of drug-likeness (QED) is 0.432. The van der Waals surface area contributed by atoms with Gasteiger partial charge in [0.1, 0.15) is 11.9 Å². The van der Waals surface area contributed by atoms with E-state index in [4.69, 9.17) is 11.6 Å². The Hall–Kier alpha value is -3.99. The standard InChI is InChI=1S/C20H18ClN7O4/c21-14-5-7-15(8-6-14)23-20-22-13-18(28(31)32)19(24-20)26-11-9-25(10-12-26)16-3-1-2-4-17(16)27(29)30/h1-8,13H,9-12H2,(H,22,23,24). The van der Waals surface area contributed by atoms with E-state index in [9.17, 15) is 20.2 Å². The molecule has 4 rings (SSSR count). The van der Waals surface area contributed by atoms with Gasteiger partial charge in [-0.2, -0.15) is 4.98 Å². The Kier molecular flexibility index (Phi) is 5.99. The van der Waals surface area contributed by atoms with E-state index in [1.807, 2.05) is 4.90 Å². The van der Waals surface area contributed by atoms with Crippen molar-refractivity contribution < 1.29 is 9.85 Å². The molecular weight excluding hydrogens is 438 g/mol. The number of piperazine rings is 1. The number of halogens is 1. The van der Waals surface area contributed by atoms with Crippen molar-refractivity contribution >= 4 is 46.1 Å². The number of nitrogens with zero attached hydrogens (tertiary/aromatic N) is 6. The molecule has 32 heavy (non-hydrogen) atoms. The molecule has 1 fully saturated rings. The maximum atomic E-state index is 11.6. The largest absolute Gasteiger partial charge is 0.362 e. The second kappa shape index (κ2) is 9.02. The molecule has 1 aliphatic rings. The summed E-state index contributed by atoms with van der Waals surface area (Å²) in [5.41, 5.74) is 1.05. The van der Waals surface area contributed by atoms with Crippen LogP contribution in [0.1, 0.15) is 0 Å². The number of nitro benzene ring substituents is 1. The smallest absolute Gasteiger partial charge is 0.329 e. The molecule has 0 aliphatic carbocycles. The fourth-order valence-corrected chi connectivity index (χ4v) is 3.62. The van der Waals surface area contributed by atoms with Crippen molar-refractivity contribution in [3.05, 3.63) is 80.0 Å². The maximum absolute atomic E-state index is 11.6. The van der Waals surface area contributed by atoms with E-state index in [0.717, 1.165) is 0 Å². The molecule has 0 unspecified atom stereocenters. The van der Waals surface area contributed by atoms with Crippen LogP contribution in [-0.4, -0.2) is 46.0 Å². The topological polar surface area (TPSA) is 131 Å². The summed E-state index contributed by atoms with van der Waals surface area (Å²) in [6.45, 7) is 1.71.